The number of benzene rings is 1. The molecule has 0 aromatic heterocycles. The zero-order valence-electron chi connectivity index (χ0n) is 12.5. The van der Waals surface area contributed by atoms with Crippen LogP contribution in [0.15, 0.2) is 29.2 Å². The minimum Gasteiger partial charge on any atom is -0.374 e. The second kappa shape index (κ2) is 7.61. The minimum absolute atomic E-state index is 0.301. The average molecular weight is 299 g/mol. The summed E-state index contributed by atoms with van der Waals surface area (Å²) in [6, 6.07) is 6.92. The van der Waals surface area contributed by atoms with Gasteiger partial charge in [0.05, 0.1) is 4.90 Å². The maximum atomic E-state index is 12.0. The van der Waals surface area contributed by atoms with Crippen LogP contribution in [-0.4, -0.2) is 35.1 Å². The van der Waals surface area contributed by atoms with Crippen molar-refractivity contribution in [2.45, 2.75) is 25.2 Å². The number of nitrogens with two attached hydrogens (primary N) is 1. The number of nitrogens with one attached hydrogen (secondary N) is 1. The maximum Gasteiger partial charge on any atom is 0.240 e. The molecule has 1 unspecified atom stereocenters. The molecule has 0 aliphatic rings. The smallest absolute Gasteiger partial charge is 0.240 e. The molecule has 0 fully saturated rings. The third-order valence-corrected chi connectivity index (χ3v) is 4.59. The third-order valence-electron chi connectivity index (χ3n) is 3.12. The summed E-state index contributed by atoms with van der Waals surface area (Å²) in [6.07, 6.45) is 0.775. The normalized spacial score (nSPS) is 13.2. The van der Waals surface area contributed by atoms with Crippen molar-refractivity contribution >= 4 is 15.7 Å². The number of rotatable bonds is 8. The lowest BCUT2D eigenvalue weighted by atomic mass is 10.1. The van der Waals surface area contributed by atoms with Gasteiger partial charge in [-0.1, -0.05) is 13.8 Å². The predicted octanol–water partition coefficient (Wildman–Crippen LogP) is 1.41. The summed E-state index contributed by atoms with van der Waals surface area (Å²) in [7, 11) is -1.40. The molecule has 1 atom stereocenters. The first kappa shape index (κ1) is 16.9. The van der Waals surface area contributed by atoms with Crippen LogP contribution >= 0.6 is 0 Å². The molecule has 0 spiro atoms. The minimum atomic E-state index is -3.38. The summed E-state index contributed by atoms with van der Waals surface area (Å²) < 4.78 is 26.5. The fraction of sp³-hybridized carbons (Fsp3) is 0.571. The first-order chi connectivity index (χ1) is 9.40. The Hall–Kier alpha value is -1.11. The summed E-state index contributed by atoms with van der Waals surface area (Å²) in [4.78, 5) is 2.38. The molecule has 0 aliphatic carbocycles. The molecule has 1 aromatic rings. The lowest BCUT2D eigenvalue weighted by Crippen LogP contribution is -2.28. The van der Waals surface area contributed by atoms with Gasteiger partial charge < -0.3 is 10.6 Å². The monoisotopic (exact) mass is 299 g/mol. The molecule has 0 aliphatic heterocycles. The number of hydrogen-bond acceptors (Lipinski definition) is 4. The maximum absolute atomic E-state index is 12.0. The molecule has 0 heterocycles. The van der Waals surface area contributed by atoms with Gasteiger partial charge in [0.15, 0.2) is 0 Å². The van der Waals surface area contributed by atoms with E-state index in [9.17, 15) is 8.42 Å². The van der Waals surface area contributed by atoms with E-state index >= 15 is 0 Å². The van der Waals surface area contributed by atoms with Crippen LogP contribution in [-0.2, 0) is 10.0 Å². The lowest BCUT2D eigenvalue weighted by molar-refractivity contribution is 0.580. The molecular formula is C14H25N3O2S. The Balaban J connectivity index is 2.78. The molecule has 1 rings (SSSR count). The Morgan fingerprint density at radius 1 is 1.30 bits per heavy atom. The van der Waals surface area contributed by atoms with E-state index < -0.39 is 10.0 Å². The topological polar surface area (TPSA) is 75.4 Å². The van der Waals surface area contributed by atoms with Gasteiger partial charge in [-0.15, -0.1) is 0 Å². The predicted molar refractivity (Wildman–Crippen MR) is 83.4 cm³/mol. The Kier molecular flexibility index (Phi) is 6.45. The number of anilines is 1. The first-order valence-corrected chi connectivity index (χ1v) is 8.40. The van der Waals surface area contributed by atoms with Crippen molar-refractivity contribution in [1.29, 1.82) is 0 Å². The van der Waals surface area contributed by atoms with Crippen LogP contribution in [0.3, 0.4) is 0 Å². The van der Waals surface area contributed by atoms with E-state index in [0.717, 1.165) is 18.7 Å². The van der Waals surface area contributed by atoms with Crippen LogP contribution in [0.1, 0.15) is 20.3 Å². The second-order valence-corrected chi connectivity index (χ2v) is 6.88. The van der Waals surface area contributed by atoms with Gasteiger partial charge in [-0.25, -0.2) is 13.1 Å². The van der Waals surface area contributed by atoms with E-state index in [4.69, 9.17) is 5.73 Å². The zero-order valence-corrected chi connectivity index (χ0v) is 13.3. The van der Waals surface area contributed by atoms with Crippen molar-refractivity contribution in [3.8, 4) is 0 Å². The van der Waals surface area contributed by atoms with Crippen LogP contribution in [0.25, 0.3) is 0 Å². The van der Waals surface area contributed by atoms with Gasteiger partial charge in [-0.2, -0.15) is 0 Å². The van der Waals surface area contributed by atoms with Crippen LogP contribution in [0.2, 0.25) is 0 Å². The van der Waals surface area contributed by atoms with Gasteiger partial charge in [0.2, 0.25) is 10.0 Å². The van der Waals surface area contributed by atoms with Crippen molar-refractivity contribution in [2.24, 2.45) is 11.7 Å². The molecule has 5 nitrogen and oxygen atoms in total. The van der Waals surface area contributed by atoms with Gasteiger partial charge in [-0.3, -0.25) is 0 Å². The second-order valence-electron chi connectivity index (χ2n) is 5.11. The molecular weight excluding hydrogens is 274 g/mol. The number of hydrogen-bond donors (Lipinski definition) is 2. The summed E-state index contributed by atoms with van der Waals surface area (Å²) in [5.74, 6) is 0.398. The molecule has 0 bridgehead atoms. The molecule has 3 N–H and O–H groups in total. The van der Waals surface area contributed by atoms with E-state index in [2.05, 4.69) is 16.5 Å². The van der Waals surface area contributed by atoms with Gasteiger partial charge >= 0.3 is 0 Å². The average Bonchev–Trinajstić information content (AvgIpc) is 2.45. The number of sulfonamides is 1. The molecule has 114 valence electrons. The van der Waals surface area contributed by atoms with Crippen molar-refractivity contribution in [3.63, 3.8) is 0 Å². The van der Waals surface area contributed by atoms with Crippen LogP contribution in [0.5, 0.6) is 0 Å². The summed E-state index contributed by atoms with van der Waals surface area (Å²) in [6.45, 7) is 5.95. The fourth-order valence-electron chi connectivity index (χ4n) is 1.85. The molecule has 0 saturated heterocycles. The molecule has 1 aromatic carbocycles. The van der Waals surface area contributed by atoms with Crippen LogP contribution in [0.4, 0.5) is 5.69 Å². The Labute approximate surface area is 122 Å². The van der Waals surface area contributed by atoms with Crippen molar-refractivity contribution in [1.82, 2.24) is 4.72 Å². The third kappa shape index (κ3) is 4.77. The van der Waals surface area contributed by atoms with Gasteiger partial charge in [0.1, 0.15) is 0 Å². The van der Waals surface area contributed by atoms with Gasteiger partial charge in [0, 0.05) is 25.8 Å². The SMILES string of the molecule is CCCNS(=O)(=O)c1ccc(N(C)CC(C)CN)cc1. The van der Waals surface area contributed by atoms with E-state index in [1.54, 1.807) is 12.1 Å². The van der Waals surface area contributed by atoms with Crippen LogP contribution in [0, 0.1) is 5.92 Å². The summed E-state index contributed by atoms with van der Waals surface area (Å²) in [5, 5.41) is 0. The largest absolute Gasteiger partial charge is 0.374 e. The highest BCUT2D eigenvalue weighted by molar-refractivity contribution is 7.89. The summed E-state index contributed by atoms with van der Waals surface area (Å²) in [5.41, 5.74) is 6.60. The Bertz CT molecular complexity index is 500. The molecule has 0 saturated carbocycles. The van der Waals surface area contributed by atoms with E-state index in [1.165, 1.54) is 0 Å². The molecule has 6 heteroatoms. The van der Waals surface area contributed by atoms with Gasteiger partial charge in [-0.05, 0) is 43.1 Å². The fourth-order valence-corrected chi connectivity index (χ4v) is 2.98. The van der Waals surface area contributed by atoms with E-state index in [-0.39, 0.29) is 0 Å². The summed E-state index contributed by atoms with van der Waals surface area (Å²) >= 11 is 0. The first-order valence-electron chi connectivity index (χ1n) is 6.91. The Morgan fingerprint density at radius 2 is 1.90 bits per heavy atom. The molecule has 0 amide bonds. The van der Waals surface area contributed by atoms with Crippen LogP contribution < -0.4 is 15.4 Å². The zero-order chi connectivity index (χ0) is 15.2. The highest BCUT2D eigenvalue weighted by atomic mass is 32.2. The van der Waals surface area contributed by atoms with E-state index in [1.807, 2.05) is 26.1 Å². The number of nitrogens with zero attached hydrogens (tertiary/aromatic N) is 1. The Morgan fingerprint density at radius 3 is 2.40 bits per heavy atom. The highest BCUT2D eigenvalue weighted by Gasteiger charge is 2.13. The van der Waals surface area contributed by atoms with E-state index in [0.29, 0.717) is 23.9 Å². The quantitative estimate of drug-likeness (QED) is 0.761. The molecule has 0 radical (unpaired) electrons. The van der Waals surface area contributed by atoms with Crippen molar-refractivity contribution in [2.75, 3.05) is 31.6 Å². The standard InChI is InChI=1S/C14H25N3O2S/c1-4-9-16-20(18,19)14-7-5-13(6-8-14)17(3)11-12(2)10-15/h5-8,12,16H,4,9-11,15H2,1-3H3. The van der Waals surface area contributed by atoms with Crippen molar-refractivity contribution < 1.29 is 8.42 Å². The highest BCUT2D eigenvalue weighted by Crippen LogP contribution is 2.17. The lowest BCUT2D eigenvalue weighted by Gasteiger charge is -2.22. The molecule has 20 heavy (non-hydrogen) atoms. The van der Waals surface area contributed by atoms with Gasteiger partial charge in [0.25, 0.3) is 0 Å². The van der Waals surface area contributed by atoms with Crippen molar-refractivity contribution in [3.05, 3.63) is 24.3 Å².